The Bertz CT molecular complexity index is 478. The molecule has 0 aliphatic carbocycles. The minimum atomic E-state index is -0.330. The molecular weight excluding hydrogens is 204 g/mol. The third-order valence-electron chi connectivity index (χ3n) is 2.26. The van der Waals surface area contributed by atoms with Gasteiger partial charge in [-0.3, -0.25) is 0 Å². The molecule has 0 spiro atoms. The average Bonchev–Trinajstić information content (AvgIpc) is 2.56. The smallest absolute Gasteiger partial charge is 0.155 e. The Hall–Kier alpha value is -1.46. The van der Waals surface area contributed by atoms with Gasteiger partial charge >= 0.3 is 0 Å². The van der Waals surface area contributed by atoms with E-state index in [1.807, 2.05) is 25.4 Å². The lowest BCUT2D eigenvalue weighted by atomic mass is 10.3. The average molecular weight is 220 g/mol. The lowest BCUT2D eigenvalue weighted by Gasteiger charge is -2.06. The van der Waals surface area contributed by atoms with Crippen molar-refractivity contribution in [2.45, 2.75) is 26.5 Å². The van der Waals surface area contributed by atoms with Crippen LogP contribution in [0, 0.1) is 6.92 Å². The predicted molar refractivity (Wildman–Crippen MR) is 61.1 cm³/mol. The largest absolute Gasteiger partial charge is 0.392 e. The summed E-state index contributed by atoms with van der Waals surface area (Å²) in [5.41, 5.74) is 2.87. The van der Waals surface area contributed by atoms with Gasteiger partial charge in [-0.1, -0.05) is 0 Å². The zero-order chi connectivity index (χ0) is 11.5. The molecule has 1 atom stereocenters. The van der Waals surface area contributed by atoms with E-state index in [9.17, 15) is 0 Å². The fraction of sp³-hybridized carbons (Fsp3) is 0.455. The van der Waals surface area contributed by atoms with Gasteiger partial charge in [0, 0.05) is 37.1 Å². The van der Waals surface area contributed by atoms with Crippen molar-refractivity contribution >= 4 is 5.65 Å². The zero-order valence-corrected chi connectivity index (χ0v) is 9.51. The van der Waals surface area contributed by atoms with Crippen LogP contribution in [-0.4, -0.2) is 32.4 Å². The second-order valence-corrected chi connectivity index (χ2v) is 4.03. The van der Waals surface area contributed by atoms with Crippen LogP contribution in [0.25, 0.3) is 5.65 Å². The van der Waals surface area contributed by atoms with E-state index in [1.165, 1.54) is 0 Å². The summed E-state index contributed by atoms with van der Waals surface area (Å²) >= 11 is 0. The fourth-order valence-corrected chi connectivity index (χ4v) is 1.55. The molecule has 2 aromatic rings. The van der Waals surface area contributed by atoms with Gasteiger partial charge in [-0.15, -0.1) is 0 Å². The molecule has 5 nitrogen and oxygen atoms in total. The van der Waals surface area contributed by atoms with Crippen LogP contribution in [0.3, 0.4) is 0 Å². The predicted octanol–water partition coefficient (Wildman–Crippen LogP) is 0.508. The Kier molecular flexibility index (Phi) is 3.17. The van der Waals surface area contributed by atoms with E-state index in [0.29, 0.717) is 13.1 Å². The number of aryl methyl sites for hydroxylation is 1. The Morgan fingerprint density at radius 2 is 2.38 bits per heavy atom. The number of nitrogens with zero attached hydrogens (tertiary/aromatic N) is 3. The molecule has 0 radical (unpaired) electrons. The number of hydrogen-bond acceptors (Lipinski definition) is 4. The molecule has 0 saturated carbocycles. The van der Waals surface area contributed by atoms with E-state index in [-0.39, 0.29) is 6.10 Å². The molecule has 0 aliphatic rings. The van der Waals surface area contributed by atoms with Crippen molar-refractivity contribution in [1.29, 1.82) is 0 Å². The normalized spacial score (nSPS) is 13.2. The third-order valence-corrected chi connectivity index (χ3v) is 2.26. The number of aliphatic hydroxyl groups is 1. The van der Waals surface area contributed by atoms with E-state index in [0.717, 1.165) is 16.9 Å². The van der Waals surface area contributed by atoms with Gasteiger partial charge in [-0.25, -0.2) is 9.50 Å². The summed E-state index contributed by atoms with van der Waals surface area (Å²) in [4.78, 5) is 4.30. The maximum absolute atomic E-state index is 9.11. The van der Waals surface area contributed by atoms with Crippen LogP contribution in [0.5, 0.6) is 0 Å². The van der Waals surface area contributed by atoms with Crippen molar-refractivity contribution in [3.8, 4) is 0 Å². The molecule has 0 aliphatic heterocycles. The third kappa shape index (κ3) is 2.56. The van der Waals surface area contributed by atoms with Crippen molar-refractivity contribution < 1.29 is 5.11 Å². The Labute approximate surface area is 94.1 Å². The minimum Gasteiger partial charge on any atom is -0.392 e. The highest BCUT2D eigenvalue weighted by molar-refractivity contribution is 5.38. The molecular formula is C11H16N4O. The maximum Gasteiger partial charge on any atom is 0.155 e. The number of aromatic nitrogens is 3. The van der Waals surface area contributed by atoms with Gasteiger partial charge in [0.05, 0.1) is 11.8 Å². The maximum atomic E-state index is 9.11. The topological polar surface area (TPSA) is 62.5 Å². The Morgan fingerprint density at radius 1 is 1.56 bits per heavy atom. The molecule has 86 valence electrons. The van der Waals surface area contributed by atoms with Crippen molar-refractivity contribution in [1.82, 2.24) is 19.9 Å². The second kappa shape index (κ2) is 4.59. The number of rotatable bonds is 4. The highest BCUT2D eigenvalue weighted by Crippen LogP contribution is 2.04. The highest BCUT2D eigenvalue weighted by atomic mass is 16.3. The first kappa shape index (κ1) is 11.0. The molecule has 5 heteroatoms. The number of fused-ring (bicyclic) bond motifs is 1. The quantitative estimate of drug-likeness (QED) is 0.788. The van der Waals surface area contributed by atoms with Crippen LogP contribution in [0.2, 0.25) is 0 Å². The lowest BCUT2D eigenvalue weighted by molar-refractivity contribution is 0.191. The summed E-state index contributed by atoms with van der Waals surface area (Å²) in [6.45, 7) is 4.97. The molecule has 2 heterocycles. The monoisotopic (exact) mass is 220 g/mol. The molecule has 0 amide bonds. The lowest BCUT2D eigenvalue weighted by Crippen LogP contribution is -2.24. The summed E-state index contributed by atoms with van der Waals surface area (Å²) in [5, 5.41) is 16.5. The van der Waals surface area contributed by atoms with Gasteiger partial charge in [-0.2, -0.15) is 5.10 Å². The molecule has 1 unspecified atom stereocenters. The van der Waals surface area contributed by atoms with Gasteiger partial charge in [0.15, 0.2) is 5.65 Å². The van der Waals surface area contributed by atoms with Gasteiger partial charge in [0.1, 0.15) is 0 Å². The highest BCUT2D eigenvalue weighted by Gasteiger charge is 2.01. The van der Waals surface area contributed by atoms with Gasteiger partial charge in [-0.05, 0) is 13.8 Å². The van der Waals surface area contributed by atoms with Crippen LogP contribution in [-0.2, 0) is 6.54 Å². The Balaban J connectivity index is 2.07. The second-order valence-electron chi connectivity index (χ2n) is 4.03. The summed E-state index contributed by atoms with van der Waals surface area (Å²) < 4.78 is 1.77. The summed E-state index contributed by atoms with van der Waals surface area (Å²) in [7, 11) is 0. The number of hydrogen-bond donors (Lipinski definition) is 2. The molecule has 2 rings (SSSR count). The molecule has 0 aromatic carbocycles. The van der Waals surface area contributed by atoms with E-state index in [2.05, 4.69) is 15.4 Å². The van der Waals surface area contributed by atoms with Crippen molar-refractivity contribution in [3.05, 3.63) is 29.7 Å². The number of nitrogens with one attached hydrogen (secondary N) is 1. The summed E-state index contributed by atoms with van der Waals surface area (Å²) in [6.07, 6.45) is 3.44. The first-order chi connectivity index (χ1) is 7.65. The minimum absolute atomic E-state index is 0.330. The summed E-state index contributed by atoms with van der Waals surface area (Å²) in [6, 6.07) is 1.94. The molecule has 2 N–H and O–H groups in total. The molecule has 2 aromatic heterocycles. The van der Waals surface area contributed by atoms with E-state index in [4.69, 9.17) is 5.11 Å². The van der Waals surface area contributed by atoms with Crippen LogP contribution < -0.4 is 5.32 Å². The first-order valence-electron chi connectivity index (χ1n) is 5.35. The zero-order valence-electron chi connectivity index (χ0n) is 9.51. The van der Waals surface area contributed by atoms with E-state index >= 15 is 0 Å². The summed E-state index contributed by atoms with van der Waals surface area (Å²) in [5.74, 6) is 0. The standard InChI is InChI=1S/C11H16N4O/c1-8-3-11-13-6-10(7-15(11)14-8)5-12-4-9(2)16/h3,6-7,9,12,16H,4-5H2,1-2H3. The fourth-order valence-electron chi connectivity index (χ4n) is 1.55. The van der Waals surface area contributed by atoms with Gasteiger partial charge < -0.3 is 10.4 Å². The first-order valence-corrected chi connectivity index (χ1v) is 5.35. The Morgan fingerprint density at radius 3 is 3.12 bits per heavy atom. The molecule has 0 bridgehead atoms. The van der Waals surface area contributed by atoms with Crippen LogP contribution in [0.15, 0.2) is 18.5 Å². The van der Waals surface area contributed by atoms with Crippen LogP contribution >= 0.6 is 0 Å². The van der Waals surface area contributed by atoms with E-state index < -0.39 is 0 Å². The molecule has 0 fully saturated rings. The van der Waals surface area contributed by atoms with Crippen LogP contribution in [0.1, 0.15) is 18.2 Å². The van der Waals surface area contributed by atoms with Crippen molar-refractivity contribution in [3.63, 3.8) is 0 Å². The van der Waals surface area contributed by atoms with Gasteiger partial charge in [0.2, 0.25) is 0 Å². The number of aliphatic hydroxyl groups excluding tert-OH is 1. The molecule has 0 saturated heterocycles. The SMILES string of the molecule is Cc1cc2ncc(CNCC(C)O)cn2n1. The van der Waals surface area contributed by atoms with Crippen molar-refractivity contribution in [2.75, 3.05) is 6.54 Å². The van der Waals surface area contributed by atoms with Crippen molar-refractivity contribution in [2.24, 2.45) is 0 Å². The van der Waals surface area contributed by atoms with Gasteiger partial charge in [0.25, 0.3) is 0 Å². The van der Waals surface area contributed by atoms with Crippen LogP contribution in [0.4, 0.5) is 0 Å². The van der Waals surface area contributed by atoms with E-state index in [1.54, 1.807) is 11.4 Å². The molecule has 16 heavy (non-hydrogen) atoms.